The van der Waals surface area contributed by atoms with Gasteiger partial charge < -0.3 is 5.32 Å². The number of anilines is 1. The van der Waals surface area contributed by atoms with Crippen molar-refractivity contribution in [2.45, 2.75) is 32.6 Å². The second-order valence-electron chi connectivity index (χ2n) is 5.99. The van der Waals surface area contributed by atoms with E-state index in [0.717, 1.165) is 6.42 Å². The number of hydrogen-bond donors (Lipinski definition) is 1. The van der Waals surface area contributed by atoms with Crippen molar-refractivity contribution >= 4 is 21.6 Å². The van der Waals surface area contributed by atoms with Gasteiger partial charge in [-0.15, -0.1) is 0 Å². The van der Waals surface area contributed by atoms with Crippen molar-refractivity contribution in [1.82, 2.24) is 4.31 Å². The Bertz CT molecular complexity index is 717. The van der Waals surface area contributed by atoms with Gasteiger partial charge in [-0.2, -0.15) is 5.26 Å². The van der Waals surface area contributed by atoms with Gasteiger partial charge in [0.2, 0.25) is 15.9 Å². The number of hydrogen-bond acceptors (Lipinski definition) is 4. The maximum absolute atomic E-state index is 12.4. The number of sulfonamides is 1. The smallest absolute Gasteiger partial charge is 0.227 e. The van der Waals surface area contributed by atoms with Crippen molar-refractivity contribution in [2.24, 2.45) is 5.92 Å². The Balaban J connectivity index is 1.92. The van der Waals surface area contributed by atoms with Crippen LogP contribution in [0.4, 0.5) is 5.69 Å². The first-order chi connectivity index (χ1) is 11.5. The third-order valence-electron chi connectivity index (χ3n) is 4.28. The lowest BCUT2D eigenvalue weighted by molar-refractivity contribution is -0.120. The molecule has 1 aromatic rings. The molecule has 0 saturated carbocycles. The number of unbranched alkanes of at least 4 members (excludes halogenated alkanes) is 1. The van der Waals surface area contributed by atoms with Crippen molar-refractivity contribution in [3.8, 4) is 6.07 Å². The minimum Gasteiger partial charge on any atom is -0.325 e. The normalized spacial score (nSPS) is 16.5. The highest BCUT2D eigenvalue weighted by Crippen LogP contribution is 2.23. The molecular formula is C17H23N3O3S. The molecule has 24 heavy (non-hydrogen) atoms. The predicted octanol–water partition coefficient (Wildman–Crippen LogP) is 2.34. The fraction of sp³-hybridized carbons (Fsp3) is 0.529. The van der Waals surface area contributed by atoms with Gasteiger partial charge >= 0.3 is 0 Å². The molecule has 1 amide bonds. The van der Waals surface area contributed by atoms with Crippen LogP contribution < -0.4 is 5.32 Å². The molecule has 0 unspecified atom stereocenters. The summed E-state index contributed by atoms with van der Waals surface area (Å²) in [5.41, 5.74) is 0.924. The first-order valence-corrected chi connectivity index (χ1v) is 9.86. The summed E-state index contributed by atoms with van der Waals surface area (Å²) in [7, 11) is -3.21. The van der Waals surface area contributed by atoms with E-state index >= 15 is 0 Å². The number of carbonyl (C=O) groups excluding carboxylic acids is 1. The van der Waals surface area contributed by atoms with Gasteiger partial charge in [0.25, 0.3) is 0 Å². The summed E-state index contributed by atoms with van der Waals surface area (Å²) in [6, 6.07) is 8.90. The van der Waals surface area contributed by atoms with Crippen LogP contribution in [0.5, 0.6) is 0 Å². The third-order valence-corrected chi connectivity index (χ3v) is 6.24. The van der Waals surface area contributed by atoms with E-state index in [-0.39, 0.29) is 17.6 Å². The van der Waals surface area contributed by atoms with E-state index in [9.17, 15) is 13.2 Å². The van der Waals surface area contributed by atoms with Gasteiger partial charge in [-0.1, -0.05) is 25.5 Å². The van der Waals surface area contributed by atoms with Crippen LogP contribution in [0.2, 0.25) is 0 Å². The average molecular weight is 349 g/mol. The molecular weight excluding hydrogens is 326 g/mol. The quantitative estimate of drug-likeness (QED) is 0.853. The number of benzene rings is 1. The molecule has 0 atom stereocenters. The number of amides is 1. The molecule has 1 aliphatic rings. The SMILES string of the molecule is CCCCS(=O)(=O)N1CCC(C(=O)Nc2ccccc2C#N)CC1. The Morgan fingerprint density at radius 2 is 2.00 bits per heavy atom. The number of rotatable bonds is 6. The minimum absolute atomic E-state index is 0.150. The monoisotopic (exact) mass is 349 g/mol. The summed E-state index contributed by atoms with van der Waals surface area (Å²) in [4.78, 5) is 12.4. The van der Waals surface area contributed by atoms with Gasteiger partial charge in [0.15, 0.2) is 0 Å². The summed E-state index contributed by atoms with van der Waals surface area (Å²) < 4.78 is 25.9. The molecule has 1 fully saturated rings. The first kappa shape index (κ1) is 18.4. The van der Waals surface area contributed by atoms with Crippen LogP contribution in [0, 0.1) is 17.2 Å². The lowest BCUT2D eigenvalue weighted by Gasteiger charge is -2.30. The van der Waals surface area contributed by atoms with E-state index in [1.54, 1.807) is 24.3 Å². The van der Waals surface area contributed by atoms with Crippen molar-refractivity contribution in [3.63, 3.8) is 0 Å². The zero-order valence-electron chi connectivity index (χ0n) is 13.9. The van der Waals surface area contributed by atoms with Crippen molar-refractivity contribution in [2.75, 3.05) is 24.2 Å². The topological polar surface area (TPSA) is 90.3 Å². The molecule has 2 rings (SSSR count). The second kappa shape index (κ2) is 8.27. The number of nitriles is 1. The maximum atomic E-state index is 12.4. The van der Waals surface area contributed by atoms with Crippen molar-refractivity contribution in [1.29, 1.82) is 5.26 Å². The highest BCUT2D eigenvalue weighted by Gasteiger charge is 2.30. The highest BCUT2D eigenvalue weighted by molar-refractivity contribution is 7.89. The highest BCUT2D eigenvalue weighted by atomic mass is 32.2. The minimum atomic E-state index is -3.21. The van der Waals surface area contributed by atoms with E-state index < -0.39 is 10.0 Å². The average Bonchev–Trinajstić information content (AvgIpc) is 2.60. The van der Waals surface area contributed by atoms with Crippen molar-refractivity contribution < 1.29 is 13.2 Å². The lowest BCUT2D eigenvalue weighted by atomic mass is 9.97. The van der Waals surface area contributed by atoms with E-state index in [1.165, 1.54) is 4.31 Å². The van der Waals surface area contributed by atoms with Gasteiger partial charge in [0.05, 0.1) is 17.0 Å². The van der Waals surface area contributed by atoms with Crippen LogP contribution in [-0.4, -0.2) is 37.5 Å². The Morgan fingerprint density at radius 3 is 2.62 bits per heavy atom. The van der Waals surface area contributed by atoms with Crippen LogP contribution in [-0.2, 0) is 14.8 Å². The number of para-hydroxylation sites is 1. The summed E-state index contributed by atoms with van der Waals surface area (Å²) in [6.07, 6.45) is 2.52. The van der Waals surface area contributed by atoms with Crippen LogP contribution in [0.3, 0.4) is 0 Å². The molecule has 130 valence electrons. The molecule has 0 bridgehead atoms. The maximum Gasteiger partial charge on any atom is 0.227 e. The third kappa shape index (κ3) is 4.56. The molecule has 1 saturated heterocycles. The molecule has 1 N–H and O–H groups in total. The fourth-order valence-electron chi connectivity index (χ4n) is 2.78. The largest absolute Gasteiger partial charge is 0.325 e. The van der Waals surface area contributed by atoms with E-state index in [2.05, 4.69) is 5.32 Å². The number of nitrogens with one attached hydrogen (secondary N) is 1. The van der Waals surface area contributed by atoms with Crippen LogP contribution >= 0.6 is 0 Å². The summed E-state index contributed by atoms with van der Waals surface area (Å²) in [6.45, 7) is 2.72. The van der Waals surface area contributed by atoms with Gasteiger partial charge in [0.1, 0.15) is 6.07 Å². The second-order valence-corrected chi connectivity index (χ2v) is 8.08. The lowest BCUT2D eigenvalue weighted by Crippen LogP contribution is -2.42. The Labute approximate surface area is 143 Å². The first-order valence-electron chi connectivity index (χ1n) is 8.25. The van der Waals surface area contributed by atoms with E-state index in [4.69, 9.17) is 5.26 Å². The molecule has 0 aromatic heterocycles. The van der Waals surface area contributed by atoms with Crippen LogP contribution in [0.1, 0.15) is 38.2 Å². The van der Waals surface area contributed by atoms with Gasteiger partial charge in [-0.3, -0.25) is 4.79 Å². The zero-order valence-corrected chi connectivity index (χ0v) is 14.7. The molecule has 1 aromatic carbocycles. The van der Waals surface area contributed by atoms with E-state index in [1.807, 2.05) is 13.0 Å². The molecule has 0 aliphatic carbocycles. The standard InChI is InChI=1S/C17H23N3O3S/c1-2-3-12-24(22,23)20-10-8-14(9-11-20)17(21)19-16-7-5-4-6-15(16)13-18/h4-7,14H,2-3,8-12H2,1H3,(H,19,21). The molecule has 1 aliphatic heterocycles. The number of nitrogens with zero attached hydrogens (tertiary/aromatic N) is 2. The molecule has 0 radical (unpaired) electrons. The predicted molar refractivity (Wildman–Crippen MR) is 92.8 cm³/mol. The van der Waals surface area contributed by atoms with Crippen LogP contribution in [0.15, 0.2) is 24.3 Å². The van der Waals surface area contributed by atoms with Crippen LogP contribution in [0.25, 0.3) is 0 Å². The van der Waals surface area contributed by atoms with E-state index in [0.29, 0.717) is 43.6 Å². The van der Waals surface area contributed by atoms with Gasteiger partial charge in [0, 0.05) is 19.0 Å². The molecule has 6 nitrogen and oxygen atoms in total. The molecule has 7 heteroatoms. The van der Waals surface area contributed by atoms with Crippen molar-refractivity contribution in [3.05, 3.63) is 29.8 Å². The molecule has 0 spiro atoms. The Kier molecular flexibility index (Phi) is 6.35. The zero-order chi connectivity index (χ0) is 17.6. The Hall–Kier alpha value is -1.91. The summed E-state index contributed by atoms with van der Waals surface area (Å²) in [5, 5.41) is 11.9. The Morgan fingerprint density at radius 1 is 1.33 bits per heavy atom. The fourth-order valence-corrected chi connectivity index (χ4v) is 4.46. The molecule has 1 heterocycles. The summed E-state index contributed by atoms with van der Waals surface area (Å²) >= 11 is 0. The number of piperidine rings is 1. The van der Waals surface area contributed by atoms with Gasteiger partial charge in [-0.05, 0) is 31.4 Å². The summed E-state index contributed by atoms with van der Waals surface area (Å²) in [5.74, 6) is -0.201. The van der Waals surface area contributed by atoms with Gasteiger partial charge in [-0.25, -0.2) is 12.7 Å². The number of carbonyl (C=O) groups is 1.